The van der Waals surface area contributed by atoms with Crippen LogP contribution in [0, 0.1) is 11.8 Å². The highest BCUT2D eigenvalue weighted by atomic mass is 16.4. The average Bonchev–Trinajstić information content (AvgIpc) is 2.34. The molecule has 1 aliphatic rings. The van der Waals surface area contributed by atoms with Crippen molar-refractivity contribution in [2.75, 3.05) is 13.1 Å². The molecule has 1 rings (SSSR count). The van der Waals surface area contributed by atoms with Crippen LogP contribution in [-0.2, 0) is 4.79 Å². The summed E-state index contributed by atoms with van der Waals surface area (Å²) in [6.45, 7) is 7.75. The highest BCUT2D eigenvalue weighted by Crippen LogP contribution is 2.19. The molecule has 1 atom stereocenters. The molecule has 1 amide bonds. The highest BCUT2D eigenvalue weighted by Gasteiger charge is 2.27. The van der Waals surface area contributed by atoms with Gasteiger partial charge in [-0.3, -0.25) is 4.79 Å². The van der Waals surface area contributed by atoms with Gasteiger partial charge in [-0.25, -0.2) is 0 Å². The molecule has 0 spiro atoms. The number of piperidine rings is 1. The van der Waals surface area contributed by atoms with Crippen LogP contribution in [0.3, 0.4) is 0 Å². The SMILES string of the molecule is CCC1CN(C(=O)CCC(C)C)CCC1=NO. The van der Waals surface area contributed by atoms with Crippen molar-refractivity contribution in [3.63, 3.8) is 0 Å². The molecule has 0 bridgehead atoms. The fourth-order valence-corrected chi connectivity index (χ4v) is 2.21. The van der Waals surface area contributed by atoms with Crippen LogP contribution in [0.15, 0.2) is 5.16 Å². The van der Waals surface area contributed by atoms with Gasteiger partial charge >= 0.3 is 0 Å². The van der Waals surface area contributed by atoms with Gasteiger partial charge in [0.15, 0.2) is 0 Å². The minimum Gasteiger partial charge on any atom is -0.411 e. The fraction of sp³-hybridized carbons (Fsp3) is 0.846. The number of rotatable bonds is 4. The summed E-state index contributed by atoms with van der Waals surface area (Å²) in [5.74, 6) is 1.05. The van der Waals surface area contributed by atoms with Crippen LogP contribution >= 0.6 is 0 Å². The summed E-state index contributed by atoms with van der Waals surface area (Å²) in [6, 6.07) is 0. The van der Waals surface area contributed by atoms with E-state index in [1.165, 1.54) is 0 Å². The first-order valence-electron chi connectivity index (χ1n) is 6.57. The molecule has 1 aliphatic heterocycles. The lowest BCUT2D eigenvalue weighted by molar-refractivity contribution is -0.132. The lowest BCUT2D eigenvalue weighted by atomic mass is 9.93. The summed E-state index contributed by atoms with van der Waals surface area (Å²) in [6.07, 6.45) is 3.22. The Bertz CT molecular complexity index is 287. The van der Waals surface area contributed by atoms with Crippen LogP contribution < -0.4 is 0 Å². The van der Waals surface area contributed by atoms with Gasteiger partial charge in [0.2, 0.25) is 5.91 Å². The van der Waals surface area contributed by atoms with Crippen molar-refractivity contribution >= 4 is 11.6 Å². The number of carbonyl (C=O) groups excluding carboxylic acids is 1. The van der Waals surface area contributed by atoms with Gasteiger partial charge in [-0.2, -0.15) is 0 Å². The number of carbonyl (C=O) groups is 1. The molecule has 1 fully saturated rings. The van der Waals surface area contributed by atoms with E-state index in [0.717, 1.165) is 18.6 Å². The van der Waals surface area contributed by atoms with Gasteiger partial charge < -0.3 is 10.1 Å². The first kappa shape index (κ1) is 14.0. The maximum absolute atomic E-state index is 12.0. The summed E-state index contributed by atoms with van der Waals surface area (Å²) < 4.78 is 0. The molecule has 1 heterocycles. The minimum absolute atomic E-state index is 0.233. The molecule has 0 aromatic heterocycles. The maximum atomic E-state index is 12.0. The molecule has 0 radical (unpaired) electrons. The smallest absolute Gasteiger partial charge is 0.222 e. The number of nitrogens with zero attached hydrogens (tertiary/aromatic N) is 2. The molecule has 1 saturated heterocycles. The Morgan fingerprint density at radius 1 is 1.59 bits per heavy atom. The van der Waals surface area contributed by atoms with Crippen molar-refractivity contribution in [2.45, 2.75) is 46.5 Å². The lowest BCUT2D eigenvalue weighted by Crippen LogP contribution is -2.44. The van der Waals surface area contributed by atoms with Crippen LogP contribution in [0.2, 0.25) is 0 Å². The zero-order chi connectivity index (χ0) is 12.8. The van der Waals surface area contributed by atoms with Gasteiger partial charge in [-0.1, -0.05) is 25.9 Å². The van der Waals surface area contributed by atoms with Gasteiger partial charge in [0.1, 0.15) is 0 Å². The predicted molar refractivity (Wildman–Crippen MR) is 68.3 cm³/mol. The van der Waals surface area contributed by atoms with E-state index < -0.39 is 0 Å². The van der Waals surface area contributed by atoms with Crippen LogP contribution in [0.4, 0.5) is 0 Å². The van der Waals surface area contributed by atoms with Gasteiger partial charge in [-0.15, -0.1) is 0 Å². The van der Waals surface area contributed by atoms with Crippen molar-refractivity contribution in [2.24, 2.45) is 17.0 Å². The van der Waals surface area contributed by atoms with Crippen LogP contribution in [0.1, 0.15) is 46.5 Å². The molecule has 4 nitrogen and oxygen atoms in total. The Balaban J connectivity index is 2.49. The zero-order valence-corrected chi connectivity index (χ0v) is 11.1. The standard InChI is InChI=1S/C13H24N2O2/c1-4-11-9-15(8-7-12(11)14-17)13(16)6-5-10(2)3/h10-11,17H,4-9H2,1-3H3. The van der Waals surface area contributed by atoms with E-state index in [1.54, 1.807) is 0 Å². The Morgan fingerprint density at radius 3 is 2.82 bits per heavy atom. The van der Waals surface area contributed by atoms with E-state index in [-0.39, 0.29) is 11.8 Å². The summed E-state index contributed by atoms with van der Waals surface area (Å²) in [5.41, 5.74) is 0.848. The largest absolute Gasteiger partial charge is 0.411 e. The van der Waals surface area contributed by atoms with E-state index in [2.05, 4.69) is 25.9 Å². The molecule has 1 N–H and O–H groups in total. The molecule has 17 heavy (non-hydrogen) atoms. The van der Waals surface area contributed by atoms with Crippen LogP contribution in [0.5, 0.6) is 0 Å². The second kappa shape index (κ2) is 6.62. The highest BCUT2D eigenvalue weighted by molar-refractivity contribution is 5.89. The first-order valence-corrected chi connectivity index (χ1v) is 6.57. The Hall–Kier alpha value is -1.06. The Morgan fingerprint density at radius 2 is 2.29 bits per heavy atom. The molecule has 0 saturated carbocycles. The third-order valence-corrected chi connectivity index (χ3v) is 3.46. The number of oxime groups is 1. The first-order chi connectivity index (χ1) is 8.08. The maximum Gasteiger partial charge on any atom is 0.222 e. The van der Waals surface area contributed by atoms with Gasteiger partial charge in [0.05, 0.1) is 5.71 Å². The molecule has 4 heteroatoms. The van der Waals surface area contributed by atoms with E-state index >= 15 is 0 Å². The van der Waals surface area contributed by atoms with Gasteiger partial charge in [0, 0.05) is 31.8 Å². The van der Waals surface area contributed by atoms with Crippen molar-refractivity contribution in [3.8, 4) is 0 Å². The van der Waals surface area contributed by atoms with Crippen molar-refractivity contribution in [1.82, 2.24) is 4.90 Å². The number of hydrogen-bond donors (Lipinski definition) is 1. The number of amides is 1. The van der Waals surface area contributed by atoms with Gasteiger partial charge in [-0.05, 0) is 18.8 Å². The third-order valence-electron chi connectivity index (χ3n) is 3.46. The summed E-state index contributed by atoms with van der Waals surface area (Å²) in [7, 11) is 0. The molecule has 0 aromatic rings. The number of likely N-dealkylation sites (tertiary alicyclic amines) is 1. The van der Waals surface area contributed by atoms with Crippen molar-refractivity contribution in [1.29, 1.82) is 0 Å². The van der Waals surface area contributed by atoms with E-state index in [9.17, 15) is 4.79 Å². The fourth-order valence-electron chi connectivity index (χ4n) is 2.21. The molecular formula is C13H24N2O2. The van der Waals surface area contributed by atoms with Gasteiger partial charge in [0.25, 0.3) is 0 Å². The third kappa shape index (κ3) is 4.02. The zero-order valence-electron chi connectivity index (χ0n) is 11.1. The molecule has 1 unspecified atom stereocenters. The summed E-state index contributed by atoms with van der Waals surface area (Å²) >= 11 is 0. The topological polar surface area (TPSA) is 52.9 Å². The molecule has 0 aromatic carbocycles. The summed E-state index contributed by atoms with van der Waals surface area (Å²) in [4.78, 5) is 13.9. The van der Waals surface area contributed by atoms with E-state index in [0.29, 0.717) is 31.8 Å². The Kier molecular flexibility index (Phi) is 5.45. The monoisotopic (exact) mass is 240 g/mol. The lowest BCUT2D eigenvalue weighted by Gasteiger charge is -2.33. The van der Waals surface area contributed by atoms with Crippen LogP contribution in [-0.4, -0.2) is 34.8 Å². The molecular weight excluding hydrogens is 216 g/mol. The van der Waals surface area contributed by atoms with E-state index in [4.69, 9.17) is 5.21 Å². The molecule has 98 valence electrons. The normalized spacial score (nSPS) is 23.4. The average molecular weight is 240 g/mol. The van der Waals surface area contributed by atoms with E-state index in [1.807, 2.05) is 4.90 Å². The van der Waals surface area contributed by atoms with Crippen molar-refractivity contribution < 1.29 is 10.0 Å². The van der Waals surface area contributed by atoms with Crippen molar-refractivity contribution in [3.05, 3.63) is 0 Å². The molecule has 0 aliphatic carbocycles. The Labute approximate surface area is 104 Å². The number of hydrogen-bond acceptors (Lipinski definition) is 3. The van der Waals surface area contributed by atoms with Crippen LogP contribution in [0.25, 0.3) is 0 Å². The second-order valence-corrected chi connectivity index (χ2v) is 5.22. The predicted octanol–water partition coefficient (Wildman–Crippen LogP) is 2.51. The quantitative estimate of drug-likeness (QED) is 0.606. The summed E-state index contributed by atoms with van der Waals surface area (Å²) in [5, 5.41) is 12.2. The second-order valence-electron chi connectivity index (χ2n) is 5.22. The minimum atomic E-state index is 0.233.